The quantitative estimate of drug-likeness (QED) is 0.800. The van der Waals surface area contributed by atoms with Crippen LogP contribution in [0, 0.1) is 0 Å². The van der Waals surface area contributed by atoms with Crippen molar-refractivity contribution in [2.75, 3.05) is 6.61 Å². The molecule has 0 amide bonds. The standard InChI is InChI=1S/C18H16N2O2/c1-2-22-16-11-7-6-10-14(16)18-19-15(12-17(21)20-18)13-8-4-3-5-9-13/h3-12H,2H2,1H3,(H,19,20,21). The number of nitrogens with zero attached hydrogens (tertiary/aromatic N) is 1. The molecule has 1 N–H and O–H groups in total. The maximum Gasteiger partial charge on any atom is 0.251 e. The van der Waals surface area contributed by atoms with Gasteiger partial charge in [-0.25, -0.2) is 4.98 Å². The summed E-state index contributed by atoms with van der Waals surface area (Å²) in [4.78, 5) is 19.4. The first-order valence-corrected chi connectivity index (χ1v) is 7.17. The van der Waals surface area contributed by atoms with Crippen LogP contribution in [-0.2, 0) is 0 Å². The van der Waals surface area contributed by atoms with Crippen molar-refractivity contribution < 1.29 is 4.74 Å². The van der Waals surface area contributed by atoms with Gasteiger partial charge < -0.3 is 9.72 Å². The third-order valence-electron chi connectivity index (χ3n) is 3.25. The molecule has 2 aromatic carbocycles. The SMILES string of the molecule is CCOc1ccccc1-c1nc(-c2ccccc2)cc(=O)[nH]1. The number of ether oxygens (including phenoxy) is 1. The lowest BCUT2D eigenvalue weighted by atomic mass is 10.1. The Bertz CT molecular complexity index is 826. The number of hydrogen-bond donors (Lipinski definition) is 1. The largest absolute Gasteiger partial charge is 0.493 e. The zero-order valence-electron chi connectivity index (χ0n) is 12.2. The molecule has 0 aliphatic carbocycles. The van der Waals surface area contributed by atoms with Crippen LogP contribution in [0.5, 0.6) is 5.75 Å². The molecule has 0 bridgehead atoms. The van der Waals surface area contributed by atoms with E-state index >= 15 is 0 Å². The molecule has 1 aromatic heterocycles. The van der Waals surface area contributed by atoms with Crippen molar-refractivity contribution in [2.24, 2.45) is 0 Å². The van der Waals surface area contributed by atoms with Crippen molar-refractivity contribution in [3.05, 3.63) is 71.0 Å². The van der Waals surface area contributed by atoms with E-state index < -0.39 is 0 Å². The van der Waals surface area contributed by atoms with Crippen LogP contribution < -0.4 is 10.3 Å². The highest BCUT2D eigenvalue weighted by Crippen LogP contribution is 2.27. The van der Waals surface area contributed by atoms with Gasteiger partial charge in [-0.1, -0.05) is 42.5 Å². The fourth-order valence-electron chi connectivity index (χ4n) is 2.29. The molecule has 0 radical (unpaired) electrons. The summed E-state index contributed by atoms with van der Waals surface area (Å²) in [5.41, 5.74) is 2.14. The van der Waals surface area contributed by atoms with Gasteiger partial charge >= 0.3 is 0 Å². The molecule has 0 atom stereocenters. The van der Waals surface area contributed by atoms with Gasteiger partial charge in [-0.2, -0.15) is 0 Å². The zero-order chi connectivity index (χ0) is 15.4. The third kappa shape index (κ3) is 2.91. The van der Waals surface area contributed by atoms with Crippen molar-refractivity contribution in [1.29, 1.82) is 0 Å². The summed E-state index contributed by atoms with van der Waals surface area (Å²) in [7, 11) is 0. The Morgan fingerprint density at radius 1 is 1.05 bits per heavy atom. The number of nitrogens with one attached hydrogen (secondary N) is 1. The van der Waals surface area contributed by atoms with E-state index in [0.29, 0.717) is 23.9 Å². The van der Waals surface area contributed by atoms with Crippen LogP contribution in [0.3, 0.4) is 0 Å². The number of aromatic nitrogens is 2. The number of para-hydroxylation sites is 1. The van der Waals surface area contributed by atoms with Crippen molar-refractivity contribution >= 4 is 0 Å². The lowest BCUT2D eigenvalue weighted by Gasteiger charge is -2.10. The average molecular weight is 292 g/mol. The molecule has 3 rings (SSSR count). The van der Waals surface area contributed by atoms with Crippen LogP contribution in [0.25, 0.3) is 22.6 Å². The van der Waals surface area contributed by atoms with Crippen molar-refractivity contribution in [1.82, 2.24) is 9.97 Å². The Kier molecular flexibility index (Phi) is 4.01. The fraction of sp³-hybridized carbons (Fsp3) is 0.111. The van der Waals surface area contributed by atoms with Gasteiger partial charge in [-0.05, 0) is 19.1 Å². The fourth-order valence-corrected chi connectivity index (χ4v) is 2.29. The van der Waals surface area contributed by atoms with Gasteiger partial charge in [0.1, 0.15) is 11.6 Å². The second kappa shape index (κ2) is 6.26. The molecule has 22 heavy (non-hydrogen) atoms. The first-order valence-electron chi connectivity index (χ1n) is 7.17. The van der Waals surface area contributed by atoms with Crippen LogP contribution in [0.15, 0.2) is 65.5 Å². The summed E-state index contributed by atoms with van der Waals surface area (Å²) in [6, 6.07) is 18.7. The van der Waals surface area contributed by atoms with Crippen LogP contribution in [0.2, 0.25) is 0 Å². The first kappa shape index (κ1) is 14.1. The molecule has 0 aliphatic rings. The van der Waals surface area contributed by atoms with E-state index in [1.807, 2.05) is 61.5 Å². The predicted molar refractivity (Wildman–Crippen MR) is 86.9 cm³/mol. The summed E-state index contributed by atoms with van der Waals surface area (Å²) in [5, 5.41) is 0. The molecule has 0 unspecified atom stereocenters. The number of hydrogen-bond acceptors (Lipinski definition) is 3. The van der Waals surface area contributed by atoms with E-state index in [1.54, 1.807) is 0 Å². The monoisotopic (exact) mass is 292 g/mol. The zero-order valence-corrected chi connectivity index (χ0v) is 12.2. The summed E-state index contributed by atoms with van der Waals surface area (Å²) >= 11 is 0. The smallest absolute Gasteiger partial charge is 0.251 e. The van der Waals surface area contributed by atoms with Gasteiger partial charge in [0.15, 0.2) is 0 Å². The van der Waals surface area contributed by atoms with E-state index in [2.05, 4.69) is 9.97 Å². The minimum atomic E-state index is -0.185. The van der Waals surface area contributed by atoms with Crippen LogP contribution in [-0.4, -0.2) is 16.6 Å². The van der Waals surface area contributed by atoms with Gasteiger partial charge in [0, 0.05) is 11.6 Å². The highest BCUT2D eigenvalue weighted by Gasteiger charge is 2.10. The average Bonchev–Trinajstić information content (AvgIpc) is 2.56. The topological polar surface area (TPSA) is 55.0 Å². The molecular weight excluding hydrogens is 276 g/mol. The predicted octanol–water partition coefficient (Wildman–Crippen LogP) is 3.50. The number of benzene rings is 2. The number of rotatable bonds is 4. The van der Waals surface area contributed by atoms with Crippen molar-refractivity contribution in [3.63, 3.8) is 0 Å². The molecule has 0 spiro atoms. The maximum atomic E-state index is 12.0. The molecule has 4 heteroatoms. The van der Waals surface area contributed by atoms with E-state index in [9.17, 15) is 4.79 Å². The highest BCUT2D eigenvalue weighted by atomic mass is 16.5. The Balaban J connectivity index is 2.13. The van der Waals surface area contributed by atoms with Crippen LogP contribution in [0.1, 0.15) is 6.92 Å². The molecule has 110 valence electrons. The van der Waals surface area contributed by atoms with E-state index in [4.69, 9.17) is 4.74 Å². The lowest BCUT2D eigenvalue weighted by molar-refractivity contribution is 0.341. The summed E-state index contributed by atoms with van der Waals surface area (Å²) in [6.07, 6.45) is 0. The molecule has 0 aliphatic heterocycles. The van der Waals surface area contributed by atoms with Gasteiger partial charge in [0.05, 0.1) is 17.9 Å². The summed E-state index contributed by atoms with van der Waals surface area (Å²) < 4.78 is 5.61. The lowest BCUT2D eigenvalue weighted by Crippen LogP contribution is -2.09. The first-order chi connectivity index (χ1) is 10.8. The van der Waals surface area contributed by atoms with E-state index in [-0.39, 0.29) is 5.56 Å². The summed E-state index contributed by atoms with van der Waals surface area (Å²) in [5.74, 6) is 1.22. The van der Waals surface area contributed by atoms with E-state index in [1.165, 1.54) is 6.07 Å². The maximum absolute atomic E-state index is 12.0. The van der Waals surface area contributed by atoms with Crippen LogP contribution in [0.4, 0.5) is 0 Å². The Morgan fingerprint density at radius 2 is 1.77 bits per heavy atom. The molecule has 0 fully saturated rings. The number of aromatic amines is 1. The van der Waals surface area contributed by atoms with Gasteiger partial charge in [0.25, 0.3) is 5.56 Å². The Hall–Kier alpha value is -2.88. The van der Waals surface area contributed by atoms with E-state index in [0.717, 1.165) is 11.1 Å². The third-order valence-corrected chi connectivity index (χ3v) is 3.25. The normalized spacial score (nSPS) is 10.4. The van der Waals surface area contributed by atoms with Gasteiger partial charge in [-0.3, -0.25) is 4.79 Å². The minimum absolute atomic E-state index is 0.185. The van der Waals surface area contributed by atoms with Crippen molar-refractivity contribution in [2.45, 2.75) is 6.92 Å². The number of H-pyrrole nitrogens is 1. The summed E-state index contributed by atoms with van der Waals surface area (Å²) in [6.45, 7) is 2.48. The highest BCUT2D eigenvalue weighted by molar-refractivity contribution is 5.67. The molecule has 4 nitrogen and oxygen atoms in total. The van der Waals surface area contributed by atoms with Crippen LogP contribution >= 0.6 is 0 Å². The Labute approximate surface area is 128 Å². The van der Waals surface area contributed by atoms with Crippen molar-refractivity contribution in [3.8, 4) is 28.4 Å². The molecule has 1 heterocycles. The van der Waals surface area contributed by atoms with Gasteiger partial charge in [0.2, 0.25) is 0 Å². The molecule has 0 saturated heterocycles. The second-order valence-electron chi connectivity index (χ2n) is 4.77. The molecular formula is C18H16N2O2. The van der Waals surface area contributed by atoms with Gasteiger partial charge in [-0.15, -0.1) is 0 Å². The minimum Gasteiger partial charge on any atom is -0.493 e. The Morgan fingerprint density at radius 3 is 2.55 bits per heavy atom. The molecule has 3 aromatic rings. The second-order valence-corrected chi connectivity index (χ2v) is 4.77. The molecule has 0 saturated carbocycles.